The number of pyridine rings is 1. The molecule has 2 atom stereocenters. The van der Waals surface area contributed by atoms with E-state index in [4.69, 9.17) is 23.2 Å². The zero-order chi connectivity index (χ0) is 27.6. The molecule has 3 amide bonds. The summed E-state index contributed by atoms with van der Waals surface area (Å²) in [6.07, 6.45) is 4.67. The molecule has 4 aliphatic rings. The zero-order valence-electron chi connectivity index (χ0n) is 20.8. The molecule has 1 fully saturated rings. The van der Waals surface area contributed by atoms with Crippen molar-refractivity contribution in [3.05, 3.63) is 129 Å². The third-order valence-corrected chi connectivity index (χ3v) is 8.75. The third-order valence-electron chi connectivity index (χ3n) is 8.21. The van der Waals surface area contributed by atoms with Gasteiger partial charge in [0.05, 0.1) is 28.0 Å². The number of hydrazone groups is 1. The summed E-state index contributed by atoms with van der Waals surface area (Å²) < 4.78 is 0. The molecule has 0 unspecified atom stereocenters. The van der Waals surface area contributed by atoms with E-state index in [1.807, 2.05) is 48.5 Å². The molecule has 2 heterocycles. The highest BCUT2D eigenvalue weighted by atomic mass is 35.5. The Balaban J connectivity index is 1.42. The minimum atomic E-state index is -1.11. The molecule has 8 rings (SSSR count). The summed E-state index contributed by atoms with van der Waals surface area (Å²) in [5.41, 5.74) is 5.86. The molecule has 1 saturated heterocycles. The van der Waals surface area contributed by atoms with Gasteiger partial charge in [0.15, 0.2) is 0 Å². The molecule has 9 heteroatoms. The minimum absolute atomic E-state index is 0.211. The van der Waals surface area contributed by atoms with Crippen LogP contribution in [0, 0.1) is 11.8 Å². The summed E-state index contributed by atoms with van der Waals surface area (Å²) in [4.78, 5) is 46.5. The quantitative estimate of drug-likeness (QED) is 0.204. The molecule has 40 heavy (non-hydrogen) atoms. The molecule has 1 aliphatic heterocycles. The number of amides is 3. The number of rotatable bonds is 4. The van der Waals surface area contributed by atoms with Crippen molar-refractivity contribution in [2.75, 3.05) is 4.90 Å². The Bertz CT molecular complexity index is 1710. The monoisotopic (exact) mass is 566 g/mol. The first-order chi connectivity index (χ1) is 19.4. The predicted molar refractivity (Wildman–Crippen MR) is 152 cm³/mol. The second kappa shape index (κ2) is 9.11. The van der Waals surface area contributed by atoms with E-state index in [2.05, 4.69) is 15.5 Å². The van der Waals surface area contributed by atoms with Crippen LogP contribution in [0.25, 0.3) is 0 Å². The lowest BCUT2D eigenvalue weighted by Gasteiger charge is -2.52. The van der Waals surface area contributed by atoms with Crippen molar-refractivity contribution >= 4 is 52.8 Å². The van der Waals surface area contributed by atoms with E-state index in [0.717, 1.165) is 22.3 Å². The molecule has 0 radical (unpaired) electrons. The van der Waals surface area contributed by atoms with Crippen molar-refractivity contribution in [3.63, 3.8) is 0 Å². The Kier molecular flexibility index (Phi) is 5.63. The normalized spacial score (nSPS) is 24.1. The molecule has 0 spiro atoms. The summed E-state index contributed by atoms with van der Waals surface area (Å²) >= 11 is 12.6. The van der Waals surface area contributed by atoms with Crippen molar-refractivity contribution in [2.45, 2.75) is 11.3 Å². The van der Waals surface area contributed by atoms with Gasteiger partial charge in [0.2, 0.25) is 11.8 Å². The lowest BCUT2D eigenvalue weighted by atomic mass is 9.47. The molecular formula is C31H20Cl2N4O3. The van der Waals surface area contributed by atoms with Crippen LogP contribution in [0.15, 0.2) is 96.4 Å². The minimum Gasteiger partial charge on any atom is -0.274 e. The van der Waals surface area contributed by atoms with E-state index in [9.17, 15) is 14.4 Å². The van der Waals surface area contributed by atoms with Crippen molar-refractivity contribution < 1.29 is 14.4 Å². The van der Waals surface area contributed by atoms with Gasteiger partial charge in [-0.05, 0) is 52.6 Å². The lowest BCUT2D eigenvalue weighted by Crippen LogP contribution is -2.54. The predicted octanol–water partition coefficient (Wildman–Crippen LogP) is 5.36. The Morgan fingerprint density at radius 3 is 2.20 bits per heavy atom. The lowest BCUT2D eigenvalue weighted by molar-refractivity contribution is -0.122. The molecule has 2 bridgehead atoms. The van der Waals surface area contributed by atoms with E-state index in [-0.39, 0.29) is 22.8 Å². The van der Waals surface area contributed by atoms with Crippen LogP contribution in [0.2, 0.25) is 10.0 Å². The standard InChI is InChI=1S/C31H20Cl2N4O3/c32-18-9-10-24(23(33)15-18)37-29(39)26-25-19-5-1-3-7-21(19)31(27(26)30(37)40,22-8-4-2-6-20(22)25)16-35-36-28(38)17-11-13-34-14-12-17/h1-16,25-27H,(H,36,38)/b35-16-/t25?,26-,27-,31?/m1/s1. The maximum absolute atomic E-state index is 14.4. The number of hydrogen-bond donors (Lipinski definition) is 1. The number of anilines is 1. The first-order valence-electron chi connectivity index (χ1n) is 12.7. The van der Waals surface area contributed by atoms with Gasteiger partial charge in [-0.3, -0.25) is 19.4 Å². The Hall–Kier alpha value is -4.33. The molecular weight excluding hydrogens is 547 g/mol. The second-order valence-corrected chi connectivity index (χ2v) is 10.9. The average molecular weight is 567 g/mol. The molecule has 3 aromatic carbocycles. The zero-order valence-corrected chi connectivity index (χ0v) is 22.3. The van der Waals surface area contributed by atoms with Gasteiger partial charge in [-0.2, -0.15) is 5.10 Å². The molecule has 1 aromatic heterocycles. The summed E-state index contributed by atoms with van der Waals surface area (Å²) in [6, 6.07) is 23.5. The number of benzene rings is 3. The van der Waals surface area contributed by atoms with E-state index in [0.29, 0.717) is 16.3 Å². The largest absolute Gasteiger partial charge is 0.274 e. The molecule has 1 N–H and O–H groups in total. The maximum atomic E-state index is 14.4. The number of carbonyl (C=O) groups is 3. The van der Waals surface area contributed by atoms with Crippen LogP contribution in [0.3, 0.4) is 0 Å². The number of imide groups is 1. The highest BCUT2D eigenvalue weighted by Crippen LogP contribution is 2.63. The first-order valence-corrected chi connectivity index (χ1v) is 13.5. The van der Waals surface area contributed by atoms with Crippen LogP contribution in [-0.4, -0.2) is 28.9 Å². The number of nitrogens with zero attached hydrogens (tertiary/aromatic N) is 3. The van der Waals surface area contributed by atoms with Gasteiger partial charge in [0.1, 0.15) is 0 Å². The summed E-state index contributed by atoms with van der Waals surface area (Å²) in [6.45, 7) is 0. The van der Waals surface area contributed by atoms with Crippen molar-refractivity contribution in [1.29, 1.82) is 0 Å². The summed E-state index contributed by atoms with van der Waals surface area (Å²) in [7, 11) is 0. The molecule has 196 valence electrons. The second-order valence-electron chi connectivity index (χ2n) is 10.1. The molecule has 4 aromatic rings. The van der Waals surface area contributed by atoms with Gasteiger partial charge in [-0.1, -0.05) is 71.7 Å². The van der Waals surface area contributed by atoms with Crippen LogP contribution in [0.1, 0.15) is 38.5 Å². The Morgan fingerprint density at radius 1 is 0.900 bits per heavy atom. The maximum Gasteiger partial charge on any atom is 0.271 e. The van der Waals surface area contributed by atoms with Gasteiger partial charge in [0.25, 0.3) is 5.91 Å². The van der Waals surface area contributed by atoms with Crippen molar-refractivity contribution in [1.82, 2.24) is 10.4 Å². The Labute approximate surface area is 239 Å². The fourth-order valence-corrected chi connectivity index (χ4v) is 7.20. The van der Waals surface area contributed by atoms with Gasteiger partial charge in [-0.15, -0.1) is 0 Å². The van der Waals surface area contributed by atoms with E-state index in [1.54, 1.807) is 30.5 Å². The molecule has 0 saturated carbocycles. The number of aromatic nitrogens is 1. The smallest absolute Gasteiger partial charge is 0.271 e. The van der Waals surface area contributed by atoms with Crippen LogP contribution in [0.4, 0.5) is 5.69 Å². The van der Waals surface area contributed by atoms with Gasteiger partial charge < -0.3 is 0 Å². The van der Waals surface area contributed by atoms with E-state index < -0.39 is 23.2 Å². The number of hydrogen-bond acceptors (Lipinski definition) is 5. The van der Waals surface area contributed by atoms with Crippen molar-refractivity contribution in [3.8, 4) is 0 Å². The number of halogens is 2. The highest BCUT2D eigenvalue weighted by molar-refractivity contribution is 6.38. The Morgan fingerprint density at radius 2 is 1.55 bits per heavy atom. The number of carbonyl (C=O) groups excluding carboxylic acids is 3. The summed E-state index contributed by atoms with van der Waals surface area (Å²) in [5, 5.41) is 5.03. The van der Waals surface area contributed by atoms with Crippen LogP contribution < -0.4 is 10.3 Å². The number of nitrogens with one attached hydrogen (secondary N) is 1. The van der Waals surface area contributed by atoms with Gasteiger partial charge in [0, 0.05) is 35.1 Å². The van der Waals surface area contributed by atoms with Crippen LogP contribution >= 0.6 is 23.2 Å². The van der Waals surface area contributed by atoms with Gasteiger partial charge >= 0.3 is 0 Å². The highest BCUT2D eigenvalue weighted by Gasteiger charge is 2.68. The topological polar surface area (TPSA) is 91.7 Å². The van der Waals surface area contributed by atoms with Crippen molar-refractivity contribution in [2.24, 2.45) is 16.9 Å². The summed E-state index contributed by atoms with van der Waals surface area (Å²) in [5.74, 6) is -2.94. The fourth-order valence-electron chi connectivity index (χ4n) is 6.71. The molecule has 3 aliphatic carbocycles. The third kappa shape index (κ3) is 3.34. The van der Waals surface area contributed by atoms with E-state index in [1.165, 1.54) is 23.4 Å². The van der Waals surface area contributed by atoms with Crippen LogP contribution in [0.5, 0.6) is 0 Å². The average Bonchev–Trinajstić information content (AvgIpc) is 3.24. The molecule has 7 nitrogen and oxygen atoms in total. The van der Waals surface area contributed by atoms with Gasteiger partial charge in [-0.25, -0.2) is 10.3 Å². The van der Waals surface area contributed by atoms with Crippen LogP contribution in [-0.2, 0) is 15.0 Å². The first kappa shape index (κ1) is 24.7. The SMILES string of the molecule is O=C(N/N=C\C12c3ccccc3C(c3ccccc31)[C@H]1C(=O)N(c3ccc(Cl)cc3Cl)C(=O)[C@@H]12)c1ccncc1. The van der Waals surface area contributed by atoms with E-state index >= 15 is 0 Å². The fraction of sp³-hybridized carbons (Fsp3) is 0.129.